The highest BCUT2D eigenvalue weighted by Crippen LogP contribution is 2.49. The SMILES string of the molecule is C[C@@H](NC(=O)c1csc2ccccc12)[C@H]1C[C@H]2CC[C@H]1C2. The van der Waals surface area contributed by atoms with Gasteiger partial charge in [-0.2, -0.15) is 0 Å². The molecule has 2 saturated carbocycles. The first kappa shape index (κ1) is 13.3. The standard InChI is InChI=1S/C18H21NOS/c1-11(15-9-12-6-7-13(15)8-12)19-18(20)16-10-21-17-5-3-2-4-14(16)17/h2-5,10-13,15H,6-9H2,1H3,(H,19,20)/t11-,12+,13+,15-/m1/s1. The second-order valence-corrected chi connectivity index (χ2v) is 7.66. The van der Waals surface area contributed by atoms with Crippen LogP contribution in [-0.4, -0.2) is 11.9 Å². The molecule has 4 rings (SSSR count). The molecule has 0 unspecified atom stereocenters. The number of nitrogens with one attached hydrogen (secondary N) is 1. The lowest BCUT2D eigenvalue weighted by Gasteiger charge is -2.28. The summed E-state index contributed by atoms with van der Waals surface area (Å²) < 4.78 is 1.19. The van der Waals surface area contributed by atoms with Crippen molar-refractivity contribution >= 4 is 27.3 Å². The molecular formula is C18H21NOS. The fourth-order valence-electron chi connectivity index (χ4n) is 4.45. The van der Waals surface area contributed by atoms with Crippen LogP contribution in [0, 0.1) is 17.8 Å². The molecule has 1 aromatic heterocycles. The van der Waals surface area contributed by atoms with Gasteiger partial charge >= 0.3 is 0 Å². The molecule has 2 bridgehead atoms. The Hall–Kier alpha value is -1.35. The van der Waals surface area contributed by atoms with Crippen molar-refractivity contribution in [1.82, 2.24) is 5.32 Å². The van der Waals surface area contributed by atoms with E-state index in [1.807, 2.05) is 23.6 Å². The van der Waals surface area contributed by atoms with Crippen molar-refractivity contribution in [2.75, 3.05) is 0 Å². The molecule has 110 valence electrons. The molecule has 1 aromatic carbocycles. The monoisotopic (exact) mass is 299 g/mol. The molecule has 1 N–H and O–H groups in total. The van der Waals surface area contributed by atoms with Crippen LogP contribution >= 0.6 is 11.3 Å². The Morgan fingerprint density at radius 1 is 1.29 bits per heavy atom. The number of thiophene rings is 1. The summed E-state index contributed by atoms with van der Waals surface area (Å²) in [7, 11) is 0. The molecule has 1 heterocycles. The van der Waals surface area contributed by atoms with E-state index in [4.69, 9.17) is 0 Å². The van der Waals surface area contributed by atoms with E-state index in [-0.39, 0.29) is 5.91 Å². The molecule has 0 spiro atoms. The topological polar surface area (TPSA) is 29.1 Å². The number of carbonyl (C=O) groups excluding carboxylic acids is 1. The average molecular weight is 299 g/mol. The maximum atomic E-state index is 12.6. The molecule has 21 heavy (non-hydrogen) atoms. The van der Waals surface area contributed by atoms with Gasteiger partial charge in [-0.15, -0.1) is 11.3 Å². The van der Waals surface area contributed by atoms with Crippen LogP contribution < -0.4 is 5.32 Å². The highest BCUT2D eigenvalue weighted by atomic mass is 32.1. The number of fused-ring (bicyclic) bond motifs is 3. The van der Waals surface area contributed by atoms with Gasteiger partial charge in [-0.3, -0.25) is 4.79 Å². The van der Waals surface area contributed by atoms with E-state index in [0.717, 1.165) is 22.8 Å². The van der Waals surface area contributed by atoms with E-state index in [0.29, 0.717) is 12.0 Å². The summed E-state index contributed by atoms with van der Waals surface area (Å²) in [6, 6.07) is 8.45. The van der Waals surface area contributed by atoms with Gasteiger partial charge in [0.15, 0.2) is 0 Å². The first-order chi connectivity index (χ1) is 10.2. The number of carbonyl (C=O) groups is 1. The molecule has 2 fully saturated rings. The van der Waals surface area contributed by atoms with Crippen LogP contribution in [0.1, 0.15) is 43.0 Å². The average Bonchev–Trinajstić information content (AvgIpc) is 3.21. The van der Waals surface area contributed by atoms with Gasteiger partial charge in [-0.25, -0.2) is 0 Å². The third-order valence-corrected chi connectivity index (χ3v) is 6.48. The molecule has 2 aliphatic rings. The van der Waals surface area contributed by atoms with E-state index in [2.05, 4.69) is 18.3 Å². The highest BCUT2D eigenvalue weighted by Gasteiger charge is 2.42. The molecule has 0 aliphatic heterocycles. The summed E-state index contributed by atoms with van der Waals surface area (Å²) in [6.07, 6.45) is 5.50. The van der Waals surface area contributed by atoms with Crippen molar-refractivity contribution in [3.05, 3.63) is 35.2 Å². The van der Waals surface area contributed by atoms with Crippen molar-refractivity contribution in [2.24, 2.45) is 17.8 Å². The third-order valence-electron chi connectivity index (χ3n) is 5.52. The van der Waals surface area contributed by atoms with Crippen LogP contribution in [0.4, 0.5) is 0 Å². The van der Waals surface area contributed by atoms with Gasteiger partial charge in [0.1, 0.15) is 0 Å². The van der Waals surface area contributed by atoms with E-state index < -0.39 is 0 Å². The van der Waals surface area contributed by atoms with Gasteiger partial charge < -0.3 is 5.32 Å². The van der Waals surface area contributed by atoms with Gasteiger partial charge in [0.2, 0.25) is 0 Å². The van der Waals surface area contributed by atoms with Crippen molar-refractivity contribution < 1.29 is 4.79 Å². The van der Waals surface area contributed by atoms with E-state index in [9.17, 15) is 4.79 Å². The van der Waals surface area contributed by atoms with Crippen LogP contribution in [0.25, 0.3) is 10.1 Å². The molecule has 1 amide bonds. The van der Waals surface area contributed by atoms with Crippen LogP contribution in [0.2, 0.25) is 0 Å². The number of rotatable bonds is 3. The molecule has 2 aliphatic carbocycles. The Kier molecular flexibility index (Phi) is 3.26. The highest BCUT2D eigenvalue weighted by molar-refractivity contribution is 7.17. The van der Waals surface area contributed by atoms with Crippen LogP contribution in [0.5, 0.6) is 0 Å². The Bertz CT molecular complexity index is 677. The third kappa shape index (κ3) is 2.28. The quantitative estimate of drug-likeness (QED) is 0.891. The molecular weight excluding hydrogens is 278 g/mol. The van der Waals surface area contributed by atoms with Crippen molar-refractivity contribution in [3.8, 4) is 0 Å². The minimum Gasteiger partial charge on any atom is -0.349 e. The predicted molar refractivity (Wildman–Crippen MR) is 87.7 cm³/mol. The van der Waals surface area contributed by atoms with E-state index in [1.165, 1.54) is 30.4 Å². The largest absolute Gasteiger partial charge is 0.349 e. The Morgan fingerprint density at radius 3 is 2.90 bits per heavy atom. The molecule has 0 radical (unpaired) electrons. The summed E-state index contributed by atoms with van der Waals surface area (Å²) >= 11 is 1.65. The first-order valence-corrected chi connectivity index (χ1v) is 8.87. The lowest BCUT2D eigenvalue weighted by atomic mass is 9.84. The molecule has 2 nitrogen and oxygen atoms in total. The van der Waals surface area contributed by atoms with Crippen molar-refractivity contribution in [2.45, 2.75) is 38.6 Å². The number of hydrogen-bond donors (Lipinski definition) is 1. The summed E-state index contributed by atoms with van der Waals surface area (Å²) in [4.78, 5) is 12.6. The zero-order valence-electron chi connectivity index (χ0n) is 12.3. The van der Waals surface area contributed by atoms with Gasteiger partial charge in [0.05, 0.1) is 5.56 Å². The van der Waals surface area contributed by atoms with Crippen LogP contribution in [0.15, 0.2) is 29.6 Å². The number of benzene rings is 1. The zero-order chi connectivity index (χ0) is 14.4. The van der Waals surface area contributed by atoms with E-state index >= 15 is 0 Å². The van der Waals surface area contributed by atoms with E-state index in [1.54, 1.807) is 11.3 Å². The summed E-state index contributed by atoms with van der Waals surface area (Å²) in [6.45, 7) is 2.19. The fraction of sp³-hybridized carbons (Fsp3) is 0.500. The van der Waals surface area contributed by atoms with Gasteiger partial charge in [0, 0.05) is 21.5 Å². The zero-order valence-corrected chi connectivity index (χ0v) is 13.2. The van der Waals surface area contributed by atoms with Gasteiger partial charge in [0.25, 0.3) is 5.91 Å². The van der Waals surface area contributed by atoms with Crippen molar-refractivity contribution in [3.63, 3.8) is 0 Å². The summed E-state index contributed by atoms with van der Waals surface area (Å²) in [5.41, 5.74) is 0.839. The minimum atomic E-state index is 0.0997. The Labute approximate surface area is 129 Å². The molecule has 2 aromatic rings. The Morgan fingerprint density at radius 2 is 2.14 bits per heavy atom. The van der Waals surface area contributed by atoms with Crippen LogP contribution in [-0.2, 0) is 0 Å². The Balaban J connectivity index is 1.50. The molecule has 3 heteroatoms. The summed E-state index contributed by atoms with van der Waals surface area (Å²) in [5, 5.41) is 6.35. The maximum Gasteiger partial charge on any atom is 0.252 e. The number of hydrogen-bond acceptors (Lipinski definition) is 2. The first-order valence-electron chi connectivity index (χ1n) is 7.99. The number of amides is 1. The smallest absolute Gasteiger partial charge is 0.252 e. The predicted octanol–water partition coefficient (Wildman–Crippen LogP) is 4.46. The maximum absolute atomic E-state index is 12.6. The lowest BCUT2D eigenvalue weighted by Crippen LogP contribution is -2.40. The van der Waals surface area contributed by atoms with Gasteiger partial charge in [-0.05, 0) is 50.0 Å². The van der Waals surface area contributed by atoms with Crippen LogP contribution in [0.3, 0.4) is 0 Å². The second-order valence-electron chi connectivity index (χ2n) is 6.75. The van der Waals surface area contributed by atoms with Gasteiger partial charge in [-0.1, -0.05) is 24.6 Å². The second kappa shape index (κ2) is 5.13. The molecule has 0 saturated heterocycles. The fourth-order valence-corrected chi connectivity index (χ4v) is 5.39. The normalized spacial score (nSPS) is 28.9. The minimum absolute atomic E-state index is 0.0997. The van der Waals surface area contributed by atoms with Crippen molar-refractivity contribution in [1.29, 1.82) is 0 Å². The molecule has 4 atom stereocenters. The summed E-state index contributed by atoms with van der Waals surface area (Å²) in [5.74, 6) is 2.58. The lowest BCUT2D eigenvalue weighted by molar-refractivity contribution is 0.0917.